The number of hydrogen-bond acceptors (Lipinski definition) is 4. The predicted octanol–water partition coefficient (Wildman–Crippen LogP) is 3.55. The highest BCUT2D eigenvalue weighted by Crippen LogP contribution is 2.26. The number of piperidine rings is 1. The lowest BCUT2D eigenvalue weighted by molar-refractivity contribution is -0.126. The topological polar surface area (TPSA) is 75.7 Å². The van der Waals surface area contributed by atoms with E-state index in [1.807, 2.05) is 48.5 Å². The Morgan fingerprint density at radius 3 is 2.39 bits per heavy atom. The first kappa shape index (κ1) is 23.3. The molecule has 2 aromatic carbocycles. The van der Waals surface area contributed by atoms with Crippen LogP contribution in [0.4, 0.5) is 0 Å². The molecule has 3 rings (SSSR count). The van der Waals surface area contributed by atoms with Gasteiger partial charge in [-0.15, -0.1) is 0 Å². The summed E-state index contributed by atoms with van der Waals surface area (Å²) in [6.45, 7) is 5.83. The third-order valence-electron chi connectivity index (χ3n) is 5.61. The summed E-state index contributed by atoms with van der Waals surface area (Å²) in [6.07, 6.45) is 1.08. The van der Waals surface area contributed by atoms with Gasteiger partial charge in [0.1, 0.15) is 12.4 Å². The van der Waals surface area contributed by atoms with E-state index >= 15 is 0 Å². The first-order chi connectivity index (χ1) is 14.9. The second-order valence-corrected chi connectivity index (χ2v) is 10.2. The van der Waals surface area contributed by atoms with Crippen LogP contribution in [0.25, 0.3) is 0 Å². The number of amides is 1. The number of benzene rings is 2. The van der Waals surface area contributed by atoms with Crippen LogP contribution in [-0.2, 0) is 20.6 Å². The molecule has 0 unspecified atom stereocenters. The highest BCUT2D eigenvalue weighted by molar-refractivity contribution is 7.88. The molecule has 7 heteroatoms. The average Bonchev–Trinajstić information content (AvgIpc) is 2.77. The molecule has 1 fully saturated rings. The van der Waals surface area contributed by atoms with Crippen molar-refractivity contribution >= 4 is 15.9 Å². The van der Waals surface area contributed by atoms with Crippen LogP contribution in [-0.4, -0.2) is 44.9 Å². The van der Waals surface area contributed by atoms with Gasteiger partial charge in [-0.2, -0.15) is 0 Å². The molecule has 168 valence electrons. The Hall–Kier alpha value is -2.38. The number of carbonyl (C=O) groups excluding carboxylic acids is 1. The Morgan fingerprint density at radius 2 is 1.71 bits per heavy atom. The largest absolute Gasteiger partial charge is 0.491 e. The Morgan fingerprint density at radius 1 is 1.06 bits per heavy atom. The van der Waals surface area contributed by atoms with Crippen molar-refractivity contribution in [3.05, 3.63) is 65.7 Å². The van der Waals surface area contributed by atoms with Gasteiger partial charge in [-0.05, 0) is 36.0 Å². The minimum Gasteiger partial charge on any atom is -0.491 e. The van der Waals surface area contributed by atoms with Crippen LogP contribution in [0.5, 0.6) is 5.75 Å². The Labute approximate surface area is 185 Å². The smallest absolute Gasteiger partial charge is 0.223 e. The summed E-state index contributed by atoms with van der Waals surface area (Å²) >= 11 is 0. The monoisotopic (exact) mass is 444 g/mol. The molecule has 6 nitrogen and oxygen atoms in total. The second kappa shape index (κ2) is 10.8. The van der Waals surface area contributed by atoms with Gasteiger partial charge in [0.25, 0.3) is 0 Å². The van der Waals surface area contributed by atoms with Gasteiger partial charge in [-0.3, -0.25) is 4.79 Å². The molecule has 1 amide bonds. The summed E-state index contributed by atoms with van der Waals surface area (Å²) in [5.41, 5.74) is 1.93. The second-order valence-electron chi connectivity index (χ2n) is 8.25. The first-order valence-electron chi connectivity index (χ1n) is 10.9. The number of rotatable bonds is 9. The van der Waals surface area contributed by atoms with E-state index in [0.29, 0.717) is 45.0 Å². The van der Waals surface area contributed by atoms with Gasteiger partial charge in [0.15, 0.2) is 0 Å². The van der Waals surface area contributed by atoms with Crippen LogP contribution < -0.4 is 10.1 Å². The van der Waals surface area contributed by atoms with Gasteiger partial charge in [-0.1, -0.05) is 62.4 Å². The van der Waals surface area contributed by atoms with Crippen molar-refractivity contribution in [3.8, 4) is 5.75 Å². The van der Waals surface area contributed by atoms with Crippen LogP contribution in [0.3, 0.4) is 0 Å². The molecule has 0 atom stereocenters. The highest BCUT2D eigenvalue weighted by Gasteiger charge is 2.31. The third-order valence-corrected chi connectivity index (χ3v) is 7.46. The summed E-state index contributed by atoms with van der Waals surface area (Å²) in [5.74, 6) is 1.03. The fourth-order valence-electron chi connectivity index (χ4n) is 3.84. The normalized spacial score (nSPS) is 15.7. The molecule has 31 heavy (non-hydrogen) atoms. The number of nitrogens with one attached hydrogen (secondary N) is 1. The quantitative estimate of drug-likeness (QED) is 0.600. The zero-order valence-electron chi connectivity index (χ0n) is 18.3. The minimum absolute atomic E-state index is 0.000106. The number of nitrogens with zero attached hydrogens (tertiary/aromatic N) is 1. The van der Waals surface area contributed by atoms with Crippen LogP contribution in [0, 0.1) is 5.92 Å². The first-order valence-corrected chi connectivity index (χ1v) is 12.5. The molecule has 2 aromatic rings. The van der Waals surface area contributed by atoms with E-state index in [1.54, 1.807) is 0 Å². The molecule has 0 saturated carbocycles. The van der Waals surface area contributed by atoms with E-state index < -0.39 is 10.0 Å². The van der Waals surface area contributed by atoms with Gasteiger partial charge >= 0.3 is 0 Å². The fraction of sp³-hybridized carbons (Fsp3) is 0.458. The Balaban J connectivity index is 1.41. The molecule has 1 N–H and O–H groups in total. The Bertz CT molecular complexity index is 953. The van der Waals surface area contributed by atoms with Gasteiger partial charge in [0.05, 0.1) is 12.3 Å². The number of carbonyl (C=O) groups is 1. The molecule has 1 aliphatic rings. The molecule has 0 aliphatic carbocycles. The third kappa shape index (κ3) is 6.55. The molecule has 0 bridgehead atoms. The fourth-order valence-corrected chi connectivity index (χ4v) is 5.40. The molecule has 0 aromatic heterocycles. The maximum atomic E-state index is 12.7. The van der Waals surface area contributed by atoms with Gasteiger partial charge in [-0.25, -0.2) is 12.7 Å². The molecule has 0 spiro atoms. The van der Waals surface area contributed by atoms with Crippen molar-refractivity contribution in [2.75, 3.05) is 26.2 Å². The van der Waals surface area contributed by atoms with Crippen molar-refractivity contribution in [1.29, 1.82) is 0 Å². The molecule has 0 radical (unpaired) electrons. The highest BCUT2D eigenvalue weighted by atomic mass is 32.2. The van der Waals surface area contributed by atoms with E-state index in [9.17, 15) is 13.2 Å². The van der Waals surface area contributed by atoms with Gasteiger partial charge < -0.3 is 10.1 Å². The number of sulfonamides is 1. The summed E-state index contributed by atoms with van der Waals surface area (Å²) in [7, 11) is -3.37. The molecule has 1 saturated heterocycles. The van der Waals surface area contributed by atoms with E-state index in [1.165, 1.54) is 4.31 Å². The van der Waals surface area contributed by atoms with Crippen LogP contribution in [0.2, 0.25) is 0 Å². The Kier molecular flexibility index (Phi) is 8.09. The van der Waals surface area contributed by atoms with E-state index in [4.69, 9.17) is 4.74 Å². The lowest BCUT2D eigenvalue weighted by Gasteiger charge is -2.30. The summed E-state index contributed by atoms with van der Waals surface area (Å²) in [5, 5.41) is 2.93. The zero-order chi connectivity index (χ0) is 22.3. The van der Waals surface area contributed by atoms with Gasteiger partial charge in [0, 0.05) is 19.0 Å². The number of hydrogen-bond donors (Lipinski definition) is 1. The predicted molar refractivity (Wildman–Crippen MR) is 122 cm³/mol. The summed E-state index contributed by atoms with van der Waals surface area (Å²) < 4.78 is 32.7. The molecular formula is C24H32N2O4S. The average molecular weight is 445 g/mol. The van der Waals surface area contributed by atoms with Crippen LogP contribution >= 0.6 is 0 Å². The summed E-state index contributed by atoms with van der Waals surface area (Å²) in [6, 6.07) is 17.1. The SMILES string of the molecule is CC(C)c1ccccc1OCCNC(=O)C1CCN(S(=O)(=O)Cc2ccccc2)CC1. The van der Waals surface area contributed by atoms with Crippen molar-refractivity contribution in [3.63, 3.8) is 0 Å². The van der Waals surface area contributed by atoms with Crippen LogP contribution in [0.1, 0.15) is 43.7 Å². The molecule has 1 aliphatic heterocycles. The van der Waals surface area contributed by atoms with Crippen molar-refractivity contribution < 1.29 is 17.9 Å². The standard InChI is InChI=1S/C24H32N2O4S/c1-19(2)22-10-6-7-11-23(22)30-17-14-25-24(27)21-12-15-26(16-13-21)31(28,29)18-20-8-4-3-5-9-20/h3-11,19,21H,12-18H2,1-2H3,(H,25,27). The van der Waals surface area contributed by atoms with E-state index in [-0.39, 0.29) is 17.6 Å². The van der Waals surface area contributed by atoms with Crippen molar-refractivity contribution in [2.45, 2.75) is 38.4 Å². The van der Waals surface area contributed by atoms with Crippen LogP contribution in [0.15, 0.2) is 54.6 Å². The lowest BCUT2D eigenvalue weighted by Crippen LogP contribution is -2.43. The maximum Gasteiger partial charge on any atom is 0.223 e. The van der Waals surface area contributed by atoms with Crippen molar-refractivity contribution in [1.82, 2.24) is 9.62 Å². The number of para-hydroxylation sites is 1. The summed E-state index contributed by atoms with van der Waals surface area (Å²) in [4.78, 5) is 12.5. The van der Waals surface area contributed by atoms with Gasteiger partial charge in [0.2, 0.25) is 15.9 Å². The number of ether oxygens (including phenoxy) is 1. The van der Waals surface area contributed by atoms with E-state index in [2.05, 4.69) is 25.2 Å². The molecular weight excluding hydrogens is 412 g/mol. The van der Waals surface area contributed by atoms with E-state index in [0.717, 1.165) is 16.9 Å². The minimum atomic E-state index is -3.37. The lowest BCUT2D eigenvalue weighted by atomic mass is 9.97. The molecule has 1 heterocycles. The maximum absolute atomic E-state index is 12.7. The van der Waals surface area contributed by atoms with Crippen molar-refractivity contribution in [2.24, 2.45) is 5.92 Å². The zero-order valence-corrected chi connectivity index (χ0v) is 19.1.